The zero-order chi connectivity index (χ0) is 15.8. The van der Waals surface area contributed by atoms with Crippen molar-refractivity contribution in [3.05, 3.63) is 23.9 Å². The fourth-order valence-electron chi connectivity index (χ4n) is 3.44. The summed E-state index contributed by atoms with van der Waals surface area (Å²) < 4.78 is 6.22. The number of rotatable bonds is 4. The van der Waals surface area contributed by atoms with Crippen molar-refractivity contribution in [3.8, 4) is 5.75 Å². The minimum absolute atomic E-state index is 0.243. The third-order valence-electron chi connectivity index (χ3n) is 5.11. The van der Waals surface area contributed by atoms with E-state index in [-0.39, 0.29) is 12.0 Å². The third-order valence-corrected chi connectivity index (χ3v) is 5.11. The predicted molar refractivity (Wildman–Crippen MR) is 88.4 cm³/mol. The van der Waals surface area contributed by atoms with E-state index in [0.29, 0.717) is 12.0 Å². The minimum Gasteiger partial charge on any atom is -0.490 e. The second kappa shape index (κ2) is 5.87. The maximum atomic E-state index is 11.8. The number of hydrogen-bond acceptors (Lipinski definition) is 3. The molecule has 0 radical (unpaired) electrons. The lowest BCUT2D eigenvalue weighted by molar-refractivity contribution is -0.123. The Morgan fingerprint density at radius 2 is 2.00 bits per heavy atom. The van der Waals surface area contributed by atoms with E-state index in [1.807, 2.05) is 18.3 Å². The maximum absolute atomic E-state index is 11.8. The summed E-state index contributed by atoms with van der Waals surface area (Å²) in [6, 6.07) is 4.38. The van der Waals surface area contributed by atoms with Gasteiger partial charge in [-0.15, -0.1) is 0 Å². The Labute approximate surface area is 135 Å². The largest absolute Gasteiger partial charge is 0.490 e. The molecule has 2 N–H and O–H groups in total. The standard InChI is InChI=1S/C18H23N3O2/c1-11-15-10-19-21-16(15)8-9-17(11)23-14-6-4-13(5-7-14)20-18(22)12-2-3-12/h8-10,12-14H,2-7H2,1H3,(H,19,21)(H,20,22). The first-order chi connectivity index (χ1) is 11.2. The molecule has 0 saturated heterocycles. The number of hydrogen-bond donors (Lipinski definition) is 2. The number of nitrogens with one attached hydrogen (secondary N) is 2. The molecule has 2 aliphatic rings. The minimum atomic E-state index is 0.243. The number of carbonyl (C=O) groups excluding carboxylic acids is 1. The lowest BCUT2D eigenvalue weighted by Crippen LogP contribution is -2.40. The van der Waals surface area contributed by atoms with Crippen LogP contribution in [0.5, 0.6) is 5.75 Å². The van der Waals surface area contributed by atoms with Gasteiger partial charge in [-0.05, 0) is 57.6 Å². The summed E-state index contributed by atoms with van der Waals surface area (Å²) in [5.74, 6) is 1.51. The Bertz CT molecular complexity index is 712. The Hall–Kier alpha value is -2.04. The van der Waals surface area contributed by atoms with Gasteiger partial charge in [-0.1, -0.05) is 0 Å². The summed E-state index contributed by atoms with van der Waals surface area (Å²) in [5.41, 5.74) is 2.18. The number of nitrogens with zero attached hydrogens (tertiary/aromatic N) is 1. The van der Waals surface area contributed by atoms with Crippen LogP contribution in [0.2, 0.25) is 0 Å². The van der Waals surface area contributed by atoms with E-state index in [4.69, 9.17) is 4.74 Å². The first kappa shape index (κ1) is 14.5. The highest BCUT2D eigenvalue weighted by Crippen LogP contribution is 2.31. The van der Waals surface area contributed by atoms with Gasteiger partial charge in [-0.2, -0.15) is 5.10 Å². The molecule has 0 unspecified atom stereocenters. The van der Waals surface area contributed by atoms with Gasteiger partial charge in [0.25, 0.3) is 0 Å². The number of carbonyl (C=O) groups is 1. The van der Waals surface area contributed by atoms with Crippen LogP contribution in [0.25, 0.3) is 10.9 Å². The molecule has 5 heteroatoms. The topological polar surface area (TPSA) is 67.0 Å². The summed E-state index contributed by atoms with van der Waals surface area (Å²) >= 11 is 0. The molecule has 0 atom stereocenters. The van der Waals surface area contributed by atoms with Crippen molar-refractivity contribution in [2.24, 2.45) is 5.92 Å². The van der Waals surface area contributed by atoms with Crippen LogP contribution in [-0.2, 0) is 4.79 Å². The molecule has 4 rings (SSSR count). The van der Waals surface area contributed by atoms with Crippen LogP contribution in [0.3, 0.4) is 0 Å². The molecule has 1 aromatic carbocycles. The molecular formula is C18H23N3O2. The van der Waals surface area contributed by atoms with Crippen LogP contribution in [0.15, 0.2) is 18.3 Å². The van der Waals surface area contributed by atoms with Gasteiger partial charge in [0.2, 0.25) is 5.91 Å². The highest BCUT2D eigenvalue weighted by Gasteiger charge is 2.32. The molecule has 1 amide bonds. The van der Waals surface area contributed by atoms with Gasteiger partial charge in [-0.25, -0.2) is 0 Å². The van der Waals surface area contributed by atoms with Crippen molar-refractivity contribution in [3.63, 3.8) is 0 Å². The molecule has 0 spiro atoms. The fraction of sp³-hybridized carbons (Fsp3) is 0.556. The molecule has 1 aromatic heterocycles. The number of aryl methyl sites for hydroxylation is 1. The van der Waals surface area contributed by atoms with Gasteiger partial charge in [0.05, 0.1) is 17.8 Å². The van der Waals surface area contributed by atoms with E-state index in [0.717, 1.165) is 60.7 Å². The van der Waals surface area contributed by atoms with Gasteiger partial charge in [0.15, 0.2) is 0 Å². The quantitative estimate of drug-likeness (QED) is 0.911. The summed E-state index contributed by atoms with van der Waals surface area (Å²) in [4.78, 5) is 11.8. The highest BCUT2D eigenvalue weighted by atomic mass is 16.5. The van der Waals surface area contributed by atoms with Gasteiger partial charge < -0.3 is 10.1 Å². The fourth-order valence-corrected chi connectivity index (χ4v) is 3.44. The average Bonchev–Trinajstić information content (AvgIpc) is 3.30. The number of H-pyrrole nitrogens is 1. The Morgan fingerprint density at radius 1 is 1.22 bits per heavy atom. The van der Waals surface area contributed by atoms with Crippen molar-refractivity contribution >= 4 is 16.8 Å². The smallest absolute Gasteiger partial charge is 0.223 e. The lowest BCUT2D eigenvalue weighted by atomic mass is 9.92. The van der Waals surface area contributed by atoms with Crippen molar-refractivity contribution in [1.82, 2.24) is 15.5 Å². The number of fused-ring (bicyclic) bond motifs is 1. The summed E-state index contributed by atoms with van der Waals surface area (Å²) in [6.45, 7) is 2.08. The molecular weight excluding hydrogens is 290 g/mol. The molecule has 5 nitrogen and oxygen atoms in total. The lowest BCUT2D eigenvalue weighted by Gasteiger charge is -2.30. The zero-order valence-electron chi connectivity index (χ0n) is 13.5. The van der Waals surface area contributed by atoms with E-state index in [9.17, 15) is 4.79 Å². The van der Waals surface area contributed by atoms with E-state index in [1.165, 1.54) is 0 Å². The van der Waals surface area contributed by atoms with Crippen LogP contribution in [0, 0.1) is 12.8 Å². The maximum Gasteiger partial charge on any atom is 0.223 e. The number of ether oxygens (including phenoxy) is 1. The van der Waals surface area contributed by atoms with Gasteiger partial charge in [0.1, 0.15) is 5.75 Å². The second-order valence-corrected chi connectivity index (χ2v) is 6.89. The molecule has 0 aliphatic heterocycles. The molecule has 23 heavy (non-hydrogen) atoms. The van der Waals surface area contributed by atoms with E-state index < -0.39 is 0 Å². The molecule has 0 bridgehead atoms. The van der Waals surface area contributed by atoms with Crippen LogP contribution in [0.4, 0.5) is 0 Å². The number of aromatic amines is 1. The summed E-state index contributed by atoms with van der Waals surface area (Å²) in [6.07, 6.45) is 8.25. The molecule has 2 aliphatic carbocycles. The molecule has 122 valence electrons. The van der Waals surface area contributed by atoms with Crippen molar-refractivity contribution in [2.75, 3.05) is 0 Å². The SMILES string of the molecule is Cc1c(OC2CCC(NC(=O)C3CC3)CC2)ccc2[nH]ncc12. The van der Waals surface area contributed by atoms with Crippen LogP contribution in [-0.4, -0.2) is 28.3 Å². The monoisotopic (exact) mass is 313 g/mol. The van der Waals surface area contributed by atoms with E-state index in [2.05, 4.69) is 22.4 Å². The van der Waals surface area contributed by atoms with Crippen molar-refractivity contribution < 1.29 is 9.53 Å². The number of benzene rings is 1. The van der Waals surface area contributed by atoms with Crippen molar-refractivity contribution in [2.45, 2.75) is 57.6 Å². The Morgan fingerprint density at radius 3 is 2.74 bits per heavy atom. The van der Waals surface area contributed by atoms with E-state index in [1.54, 1.807) is 0 Å². The third kappa shape index (κ3) is 3.05. The number of aromatic nitrogens is 2. The molecule has 1 heterocycles. The van der Waals surface area contributed by atoms with Gasteiger partial charge in [-0.3, -0.25) is 9.89 Å². The summed E-state index contributed by atoms with van der Waals surface area (Å²) in [7, 11) is 0. The van der Waals surface area contributed by atoms with Crippen LogP contribution >= 0.6 is 0 Å². The predicted octanol–water partition coefficient (Wildman–Crippen LogP) is 3.09. The van der Waals surface area contributed by atoms with Gasteiger partial charge >= 0.3 is 0 Å². The normalized spacial score (nSPS) is 24.6. The first-order valence-corrected chi connectivity index (χ1v) is 8.60. The second-order valence-electron chi connectivity index (χ2n) is 6.89. The van der Waals surface area contributed by atoms with Crippen LogP contribution in [0.1, 0.15) is 44.1 Å². The average molecular weight is 313 g/mol. The first-order valence-electron chi connectivity index (χ1n) is 8.60. The Kier molecular flexibility index (Phi) is 3.71. The molecule has 2 aromatic rings. The molecule has 2 fully saturated rings. The molecule has 2 saturated carbocycles. The highest BCUT2D eigenvalue weighted by molar-refractivity contribution is 5.83. The van der Waals surface area contributed by atoms with Crippen LogP contribution < -0.4 is 10.1 Å². The summed E-state index contributed by atoms with van der Waals surface area (Å²) in [5, 5.41) is 11.4. The van der Waals surface area contributed by atoms with Gasteiger partial charge in [0, 0.05) is 22.9 Å². The Balaban J connectivity index is 1.34. The zero-order valence-corrected chi connectivity index (χ0v) is 13.5. The van der Waals surface area contributed by atoms with Crippen molar-refractivity contribution in [1.29, 1.82) is 0 Å². The van der Waals surface area contributed by atoms with E-state index >= 15 is 0 Å². The number of amides is 1.